The summed E-state index contributed by atoms with van der Waals surface area (Å²) in [5.41, 5.74) is 10.8. The summed E-state index contributed by atoms with van der Waals surface area (Å²) < 4.78 is 20.2. The number of hydrogen-bond acceptors (Lipinski definition) is 7. The van der Waals surface area contributed by atoms with Crippen molar-refractivity contribution in [3.63, 3.8) is 0 Å². The number of aromatic nitrogens is 4. The van der Waals surface area contributed by atoms with Crippen molar-refractivity contribution in [3.8, 4) is 11.3 Å². The van der Waals surface area contributed by atoms with Gasteiger partial charge >= 0.3 is 0 Å². The first-order valence-electron chi connectivity index (χ1n) is 9.45. The Bertz CT molecular complexity index is 1210. The Morgan fingerprint density at radius 1 is 1.38 bits per heavy atom. The summed E-state index contributed by atoms with van der Waals surface area (Å²) in [5.74, 6) is 0.923. The maximum Gasteiger partial charge on any atom is 0.232 e. The van der Waals surface area contributed by atoms with Crippen LogP contribution in [0.15, 0.2) is 28.7 Å². The molecule has 0 spiro atoms. The molecule has 2 N–H and O–H groups in total. The minimum Gasteiger partial charge on any atom is -0.611 e. The van der Waals surface area contributed by atoms with Gasteiger partial charge in [-0.1, -0.05) is 11.3 Å². The third-order valence-corrected chi connectivity index (χ3v) is 8.03. The molecule has 1 aliphatic rings. The summed E-state index contributed by atoms with van der Waals surface area (Å²) in [6, 6.07) is 4.19. The predicted octanol–water partition coefficient (Wildman–Crippen LogP) is 3.46. The molecule has 0 saturated heterocycles. The van der Waals surface area contributed by atoms with Crippen molar-refractivity contribution in [2.75, 3.05) is 25.2 Å². The molecule has 5 rings (SSSR count). The van der Waals surface area contributed by atoms with E-state index in [1.165, 1.54) is 16.9 Å². The van der Waals surface area contributed by atoms with Gasteiger partial charge < -0.3 is 15.0 Å². The van der Waals surface area contributed by atoms with Crippen LogP contribution in [-0.4, -0.2) is 43.8 Å². The Labute approximate surface area is 175 Å². The van der Waals surface area contributed by atoms with Crippen LogP contribution in [0.1, 0.15) is 24.3 Å². The van der Waals surface area contributed by atoms with Crippen molar-refractivity contribution in [2.45, 2.75) is 23.0 Å². The number of thiophene rings is 1. The van der Waals surface area contributed by atoms with Gasteiger partial charge in [0.25, 0.3) is 0 Å². The van der Waals surface area contributed by atoms with Gasteiger partial charge in [0.05, 0.1) is 12.3 Å². The van der Waals surface area contributed by atoms with Crippen molar-refractivity contribution < 1.29 is 9.29 Å². The smallest absolute Gasteiger partial charge is 0.232 e. The van der Waals surface area contributed by atoms with E-state index in [2.05, 4.69) is 22.2 Å². The fourth-order valence-corrected chi connectivity index (χ4v) is 6.16. The standard InChI is InChI=1S/C20H21N5O2S2/c1-25-10-13-7-12(9-22-18(13)24-25)15-8-14(11-3-4-11)16-17(21)20(28-19(16)23-15)29(26)6-5-27-2/h7-11H,3-6,21H2,1-2H3. The third kappa shape index (κ3) is 3.38. The number of nitrogens with two attached hydrogens (primary N) is 1. The SMILES string of the molecule is COCC[S+]([O-])c1sc2nc(-c3cnc4nn(C)cc4c3)cc(C3CC3)c2c1N. The van der Waals surface area contributed by atoms with Crippen molar-refractivity contribution in [1.82, 2.24) is 19.7 Å². The zero-order chi connectivity index (χ0) is 20.1. The predicted molar refractivity (Wildman–Crippen MR) is 117 cm³/mol. The van der Waals surface area contributed by atoms with Crippen molar-refractivity contribution in [3.05, 3.63) is 30.1 Å². The normalized spacial score (nSPS) is 15.4. The van der Waals surface area contributed by atoms with Gasteiger partial charge in [0.1, 0.15) is 16.3 Å². The summed E-state index contributed by atoms with van der Waals surface area (Å²) >= 11 is 0.239. The van der Waals surface area contributed by atoms with Gasteiger partial charge in [0.15, 0.2) is 5.65 Å². The first-order chi connectivity index (χ1) is 14.0. The second-order valence-electron chi connectivity index (χ2n) is 7.34. The molecule has 9 heteroatoms. The molecule has 1 aliphatic carbocycles. The second-order valence-corrected chi connectivity index (χ2v) is 10.1. The van der Waals surface area contributed by atoms with Crippen LogP contribution in [0.3, 0.4) is 0 Å². The Hall–Kier alpha value is -2.20. The first-order valence-corrected chi connectivity index (χ1v) is 11.6. The third-order valence-electron chi connectivity index (χ3n) is 5.16. The Balaban J connectivity index is 1.64. The molecule has 0 bridgehead atoms. The quantitative estimate of drug-likeness (QED) is 0.473. The van der Waals surface area contributed by atoms with Crippen LogP contribution in [0, 0.1) is 0 Å². The number of pyridine rings is 2. The average Bonchev–Trinajstić information content (AvgIpc) is 3.41. The van der Waals surface area contributed by atoms with Crippen LogP contribution < -0.4 is 5.73 Å². The molecule has 150 valence electrons. The van der Waals surface area contributed by atoms with E-state index in [-0.39, 0.29) is 0 Å². The molecule has 1 unspecified atom stereocenters. The monoisotopic (exact) mass is 427 g/mol. The van der Waals surface area contributed by atoms with E-state index in [1.807, 2.05) is 19.4 Å². The minimum atomic E-state index is -1.19. The Kier molecular flexibility index (Phi) is 4.70. The molecule has 0 aliphatic heterocycles. The molecular formula is C20H21N5O2S2. The highest BCUT2D eigenvalue weighted by atomic mass is 32.2. The topological polar surface area (TPSA) is 102 Å². The van der Waals surface area contributed by atoms with Gasteiger partial charge in [-0.25, -0.2) is 9.97 Å². The lowest BCUT2D eigenvalue weighted by molar-refractivity contribution is 0.217. The number of hydrogen-bond donors (Lipinski definition) is 1. The van der Waals surface area contributed by atoms with E-state index >= 15 is 0 Å². The van der Waals surface area contributed by atoms with Crippen LogP contribution in [0.5, 0.6) is 0 Å². The first kappa shape index (κ1) is 18.8. The van der Waals surface area contributed by atoms with Crippen molar-refractivity contribution in [1.29, 1.82) is 0 Å². The summed E-state index contributed by atoms with van der Waals surface area (Å²) in [6.07, 6.45) is 6.06. The molecule has 1 atom stereocenters. The molecule has 4 aromatic rings. The number of anilines is 1. The van der Waals surface area contributed by atoms with Gasteiger partial charge in [0.2, 0.25) is 4.21 Å². The lowest BCUT2D eigenvalue weighted by Crippen LogP contribution is -2.11. The van der Waals surface area contributed by atoms with Crippen LogP contribution >= 0.6 is 11.3 Å². The molecular weight excluding hydrogens is 406 g/mol. The van der Waals surface area contributed by atoms with E-state index in [1.54, 1.807) is 11.8 Å². The van der Waals surface area contributed by atoms with E-state index < -0.39 is 11.2 Å². The molecule has 4 heterocycles. The summed E-state index contributed by atoms with van der Waals surface area (Å²) in [4.78, 5) is 10.2. The van der Waals surface area contributed by atoms with Crippen LogP contribution in [0.2, 0.25) is 0 Å². The number of nitrogen functional groups attached to an aromatic ring is 1. The van der Waals surface area contributed by atoms with E-state index in [0.717, 1.165) is 45.3 Å². The minimum absolute atomic E-state index is 0.431. The maximum absolute atomic E-state index is 12.7. The highest BCUT2D eigenvalue weighted by molar-refractivity contribution is 7.93. The largest absolute Gasteiger partial charge is 0.611 e. The zero-order valence-corrected chi connectivity index (χ0v) is 17.8. The number of ether oxygens (including phenoxy) is 1. The number of fused-ring (bicyclic) bond motifs is 2. The lowest BCUT2D eigenvalue weighted by atomic mass is 10.0. The lowest BCUT2D eigenvalue weighted by Gasteiger charge is -2.09. The molecule has 0 aromatic carbocycles. The maximum atomic E-state index is 12.7. The van der Waals surface area contributed by atoms with Crippen LogP contribution in [0.4, 0.5) is 5.69 Å². The molecule has 4 aromatic heterocycles. The van der Waals surface area contributed by atoms with Gasteiger partial charge in [-0.2, -0.15) is 5.10 Å². The fourth-order valence-electron chi connectivity index (χ4n) is 3.59. The average molecular weight is 428 g/mol. The van der Waals surface area contributed by atoms with E-state index in [0.29, 0.717) is 28.2 Å². The summed E-state index contributed by atoms with van der Waals surface area (Å²) in [5, 5.41) is 6.29. The van der Waals surface area contributed by atoms with Crippen LogP contribution in [0.25, 0.3) is 32.5 Å². The highest BCUT2D eigenvalue weighted by Crippen LogP contribution is 2.48. The molecule has 7 nitrogen and oxygen atoms in total. The van der Waals surface area contributed by atoms with Gasteiger partial charge in [-0.15, -0.1) is 0 Å². The second kappa shape index (κ2) is 7.24. The van der Waals surface area contributed by atoms with Gasteiger partial charge in [-0.05, 0) is 36.5 Å². The zero-order valence-electron chi connectivity index (χ0n) is 16.2. The number of rotatable bonds is 6. The Morgan fingerprint density at radius 3 is 2.97 bits per heavy atom. The van der Waals surface area contributed by atoms with E-state index in [9.17, 15) is 4.55 Å². The number of methoxy groups -OCH3 is 1. The molecule has 1 saturated carbocycles. The fraction of sp³-hybridized carbons (Fsp3) is 0.350. The molecule has 0 radical (unpaired) electrons. The Morgan fingerprint density at radius 2 is 2.21 bits per heavy atom. The highest BCUT2D eigenvalue weighted by Gasteiger charge is 2.31. The number of aryl methyl sites for hydroxylation is 1. The summed E-state index contributed by atoms with van der Waals surface area (Å²) in [6.45, 7) is 0.436. The molecule has 1 fully saturated rings. The molecule has 29 heavy (non-hydrogen) atoms. The molecule has 0 amide bonds. The number of nitrogens with zero attached hydrogens (tertiary/aromatic N) is 4. The van der Waals surface area contributed by atoms with Gasteiger partial charge in [0, 0.05) is 54.1 Å². The van der Waals surface area contributed by atoms with Gasteiger partial charge in [-0.3, -0.25) is 4.68 Å². The van der Waals surface area contributed by atoms with Crippen molar-refractivity contribution >= 4 is 49.5 Å². The van der Waals surface area contributed by atoms with E-state index in [4.69, 9.17) is 15.5 Å². The van der Waals surface area contributed by atoms with Crippen molar-refractivity contribution in [2.24, 2.45) is 7.05 Å². The van der Waals surface area contributed by atoms with Crippen LogP contribution in [-0.2, 0) is 23.0 Å². The summed E-state index contributed by atoms with van der Waals surface area (Å²) in [7, 11) is 3.49.